The van der Waals surface area contributed by atoms with Crippen LogP contribution in [0.3, 0.4) is 0 Å². The molecule has 2 heterocycles. The van der Waals surface area contributed by atoms with Gasteiger partial charge in [0.15, 0.2) is 0 Å². The van der Waals surface area contributed by atoms with Gasteiger partial charge in [-0.3, -0.25) is 4.90 Å². The molecule has 0 N–H and O–H groups in total. The summed E-state index contributed by atoms with van der Waals surface area (Å²) >= 11 is 0. The minimum atomic E-state index is -0.115. The van der Waals surface area contributed by atoms with E-state index in [2.05, 4.69) is 18.7 Å². The Hall–Kier alpha value is -0.810. The second-order valence-electron chi connectivity index (χ2n) is 6.44. The van der Waals surface area contributed by atoms with Gasteiger partial charge in [0.2, 0.25) is 0 Å². The van der Waals surface area contributed by atoms with Crippen LogP contribution < -0.4 is 0 Å². The van der Waals surface area contributed by atoms with Gasteiger partial charge >= 0.3 is 6.03 Å². The molecule has 2 aliphatic rings. The third-order valence-electron chi connectivity index (χ3n) is 4.31. The van der Waals surface area contributed by atoms with Crippen molar-refractivity contribution >= 4 is 6.03 Å². The summed E-state index contributed by atoms with van der Waals surface area (Å²) in [6.45, 7) is 12.5. The summed E-state index contributed by atoms with van der Waals surface area (Å²) in [6.07, 6.45) is 0. The van der Waals surface area contributed by atoms with Crippen LogP contribution in [0.4, 0.5) is 4.79 Å². The van der Waals surface area contributed by atoms with Gasteiger partial charge in [-0.15, -0.1) is 0 Å². The minimum absolute atomic E-state index is 0.115. The molecule has 0 unspecified atom stereocenters. The van der Waals surface area contributed by atoms with Crippen molar-refractivity contribution in [3.05, 3.63) is 0 Å². The zero-order chi connectivity index (χ0) is 14.2. The second kappa shape index (κ2) is 5.29. The van der Waals surface area contributed by atoms with Crippen LogP contribution in [0, 0.1) is 0 Å². The highest BCUT2D eigenvalue weighted by molar-refractivity contribution is 5.74. The zero-order valence-electron chi connectivity index (χ0n) is 12.8. The van der Waals surface area contributed by atoms with E-state index in [0.717, 1.165) is 19.6 Å². The molecule has 2 amide bonds. The van der Waals surface area contributed by atoms with Crippen LogP contribution in [0.5, 0.6) is 0 Å². The molecule has 0 radical (unpaired) electrons. The van der Waals surface area contributed by atoms with E-state index < -0.39 is 0 Å². The number of likely N-dealkylation sites (tertiary alicyclic amines) is 1. The molecule has 0 bridgehead atoms. The smallest absolute Gasteiger partial charge is 0.320 e. The number of carbonyl (C=O) groups excluding carboxylic acids is 1. The molecule has 19 heavy (non-hydrogen) atoms. The first-order valence-electron chi connectivity index (χ1n) is 7.24. The van der Waals surface area contributed by atoms with Crippen molar-refractivity contribution in [2.45, 2.75) is 45.4 Å². The van der Waals surface area contributed by atoms with Crippen LogP contribution in [-0.2, 0) is 4.74 Å². The van der Waals surface area contributed by atoms with Crippen molar-refractivity contribution in [1.29, 1.82) is 0 Å². The van der Waals surface area contributed by atoms with Gasteiger partial charge in [0.25, 0.3) is 0 Å². The first-order valence-corrected chi connectivity index (χ1v) is 7.24. The van der Waals surface area contributed by atoms with Gasteiger partial charge in [-0.25, -0.2) is 4.79 Å². The van der Waals surface area contributed by atoms with Crippen molar-refractivity contribution in [2.24, 2.45) is 0 Å². The van der Waals surface area contributed by atoms with Gasteiger partial charge in [-0.1, -0.05) is 0 Å². The van der Waals surface area contributed by atoms with E-state index >= 15 is 0 Å². The van der Waals surface area contributed by atoms with Gasteiger partial charge in [0.05, 0.1) is 13.2 Å². The van der Waals surface area contributed by atoms with Crippen molar-refractivity contribution in [2.75, 3.05) is 39.8 Å². The molecule has 0 aromatic rings. The number of amides is 2. The van der Waals surface area contributed by atoms with Crippen molar-refractivity contribution in [1.82, 2.24) is 14.7 Å². The lowest BCUT2D eigenvalue weighted by atomic mass is 9.90. The molecule has 2 fully saturated rings. The maximum absolute atomic E-state index is 12.4. The fourth-order valence-corrected chi connectivity index (χ4v) is 2.70. The average molecular weight is 269 g/mol. The van der Waals surface area contributed by atoms with E-state index in [-0.39, 0.29) is 17.7 Å². The van der Waals surface area contributed by atoms with Crippen LogP contribution >= 0.6 is 0 Å². The Morgan fingerprint density at radius 3 is 2.37 bits per heavy atom. The largest absolute Gasteiger partial charge is 0.369 e. The molecule has 1 spiro atoms. The molecule has 5 heteroatoms. The maximum atomic E-state index is 12.4. The molecule has 0 atom stereocenters. The van der Waals surface area contributed by atoms with E-state index in [1.165, 1.54) is 0 Å². The summed E-state index contributed by atoms with van der Waals surface area (Å²) in [6, 6.07) is 0.916. The van der Waals surface area contributed by atoms with Crippen LogP contribution in [0.2, 0.25) is 0 Å². The first kappa shape index (κ1) is 14.6. The number of nitrogens with zero attached hydrogens (tertiary/aromatic N) is 3. The molecule has 2 rings (SSSR count). The molecule has 0 aromatic heterocycles. The number of ether oxygens (including phenoxy) is 1. The van der Waals surface area contributed by atoms with E-state index in [0.29, 0.717) is 19.2 Å². The molecule has 110 valence electrons. The second-order valence-corrected chi connectivity index (χ2v) is 6.44. The third-order valence-corrected chi connectivity index (χ3v) is 4.31. The quantitative estimate of drug-likeness (QED) is 0.757. The Balaban J connectivity index is 1.93. The van der Waals surface area contributed by atoms with Gasteiger partial charge in [-0.05, 0) is 27.7 Å². The average Bonchev–Trinajstić information content (AvgIpc) is 2.33. The number of hydrogen-bond acceptors (Lipinski definition) is 3. The van der Waals surface area contributed by atoms with Crippen LogP contribution in [0.15, 0.2) is 0 Å². The summed E-state index contributed by atoms with van der Waals surface area (Å²) in [7, 11) is 1.87. The summed E-state index contributed by atoms with van der Waals surface area (Å²) in [5, 5.41) is 0. The van der Waals surface area contributed by atoms with Crippen LogP contribution in [0.1, 0.15) is 27.7 Å². The van der Waals surface area contributed by atoms with E-state index in [1.807, 2.05) is 25.8 Å². The fourth-order valence-electron chi connectivity index (χ4n) is 2.70. The molecule has 0 aromatic carbocycles. The fraction of sp³-hybridized carbons (Fsp3) is 0.929. The molecule has 5 nitrogen and oxygen atoms in total. The van der Waals surface area contributed by atoms with Crippen LogP contribution in [0.25, 0.3) is 0 Å². The predicted molar refractivity (Wildman–Crippen MR) is 75.3 cm³/mol. The number of rotatable bonds is 2. The summed E-state index contributed by atoms with van der Waals surface area (Å²) < 4.78 is 5.95. The lowest BCUT2D eigenvalue weighted by Gasteiger charge is -2.55. The Kier molecular flexibility index (Phi) is 4.06. The highest BCUT2D eigenvalue weighted by atomic mass is 16.5. The molecular formula is C14H27N3O2. The van der Waals surface area contributed by atoms with Crippen molar-refractivity contribution in [3.63, 3.8) is 0 Å². The normalized spacial score (nSPS) is 23.0. The number of carbonyl (C=O) groups is 1. The van der Waals surface area contributed by atoms with Gasteiger partial charge in [0.1, 0.15) is 5.60 Å². The molecule has 0 aliphatic carbocycles. The molecule has 0 saturated carbocycles. The summed E-state index contributed by atoms with van der Waals surface area (Å²) in [5.41, 5.74) is -0.115. The topological polar surface area (TPSA) is 36.0 Å². The van der Waals surface area contributed by atoms with Crippen molar-refractivity contribution < 1.29 is 9.53 Å². The monoisotopic (exact) mass is 269 g/mol. The molecular weight excluding hydrogens is 242 g/mol. The Morgan fingerprint density at radius 2 is 1.84 bits per heavy atom. The number of morpholine rings is 1. The van der Waals surface area contributed by atoms with Crippen molar-refractivity contribution in [3.8, 4) is 0 Å². The maximum Gasteiger partial charge on any atom is 0.320 e. The van der Waals surface area contributed by atoms with Gasteiger partial charge < -0.3 is 14.5 Å². The highest BCUT2D eigenvalue weighted by Gasteiger charge is 2.48. The number of hydrogen-bond donors (Lipinski definition) is 0. The minimum Gasteiger partial charge on any atom is -0.369 e. The zero-order valence-corrected chi connectivity index (χ0v) is 12.8. The third kappa shape index (κ3) is 2.87. The van der Waals surface area contributed by atoms with E-state index in [1.54, 1.807) is 4.90 Å². The lowest BCUT2D eigenvalue weighted by Crippen LogP contribution is -2.72. The lowest BCUT2D eigenvalue weighted by molar-refractivity contribution is -0.184. The standard InChI is InChI=1S/C14H27N3O2/c1-11(2)15(5)13(18)16-6-7-19-14(8-16)9-17(10-14)12(3)4/h11-12H,6-10H2,1-5H3. The summed E-state index contributed by atoms with van der Waals surface area (Å²) in [4.78, 5) is 18.5. The SMILES string of the molecule is CC(C)N1CC2(CN(C(=O)N(C)C(C)C)CCO2)C1. The highest BCUT2D eigenvalue weighted by Crippen LogP contribution is 2.30. The van der Waals surface area contributed by atoms with E-state index in [9.17, 15) is 4.79 Å². The molecule has 2 aliphatic heterocycles. The number of urea groups is 1. The predicted octanol–water partition coefficient (Wildman–Crippen LogP) is 1.24. The van der Waals surface area contributed by atoms with Gasteiger partial charge in [-0.2, -0.15) is 0 Å². The van der Waals surface area contributed by atoms with E-state index in [4.69, 9.17) is 4.74 Å². The first-order chi connectivity index (χ1) is 8.84. The summed E-state index contributed by atoms with van der Waals surface area (Å²) in [5.74, 6) is 0. The Labute approximate surface area is 116 Å². The van der Waals surface area contributed by atoms with Crippen LogP contribution in [-0.4, -0.2) is 78.2 Å². The van der Waals surface area contributed by atoms with Gasteiger partial charge in [0, 0.05) is 38.8 Å². The Morgan fingerprint density at radius 1 is 1.21 bits per heavy atom. The Bertz CT molecular complexity index is 338. The molecule has 2 saturated heterocycles.